The zero-order valence-corrected chi connectivity index (χ0v) is 20.4. The van der Waals surface area contributed by atoms with Crippen molar-refractivity contribution in [3.63, 3.8) is 0 Å². The predicted molar refractivity (Wildman–Crippen MR) is 135 cm³/mol. The van der Waals surface area contributed by atoms with Crippen LogP contribution in [0.1, 0.15) is 21.5 Å². The fourth-order valence-corrected chi connectivity index (χ4v) is 3.81. The second kappa shape index (κ2) is 10.4. The Morgan fingerprint density at radius 1 is 0.944 bits per heavy atom. The molecule has 0 aliphatic carbocycles. The molecule has 4 rings (SSSR count). The Kier molecular flexibility index (Phi) is 7.30. The van der Waals surface area contributed by atoms with Gasteiger partial charge in [0.2, 0.25) is 0 Å². The molecule has 0 radical (unpaired) electrons. The Morgan fingerprint density at radius 3 is 2.33 bits per heavy atom. The van der Waals surface area contributed by atoms with Gasteiger partial charge in [-0.1, -0.05) is 46.9 Å². The highest BCUT2D eigenvalue weighted by atomic mass is 35.5. The molecule has 1 saturated heterocycles. The smallest absolute Gasteiger partial charge is 0.335 e. The van der Waals surface area contributed by atoms with E-state index >= 15 is 0 Å². The molecule has 4 amide bonds. The maximum absolute atomic E-state index is 13.2. The Labute approximate surface area is 219 Å². The number of rotatable bonds is 6. The van der Waals surface area contributed by atoms with Crippen LogP contribution in [0.15, 0.2) is 66.2 Å². The third-order valence-corrected chi connectivity index (χ3v) is 6.10. The number of benzene rings is 3. The number of carbonyl (C=O) groups excluding carboxylic acids is 3. The summed E-state index contributed by atoms with van der Waals surface area (Å²) >= 11 is 18.1. The number of halogens is 3. The summed E-state index contributed by atoms with van der Waals surface area (Å²) in [5.41, 5.74) is 0.929. The molecule has 8 nitrogen and oxygen atoms in total. The number of barbiturate groups is 1. The van der Waals surface area contributed by atoms with Gasteiger partial charge in [-0.15, -0.1) is 0 Å². The summed E-state index contributed by atoms with van der Waals surface area (Å²) in [4.78, 5) is 50.0. The average molecular weight is 546 g/mol. The van der Waals surface area contributed by atoms with Crippen molar-refractivity contribution in [3.8, 4) is 5.75 Å². The third kappa shape index (κ3) is 5.36. The van der Waals surface area contributed by atoms with Gasteiger partial charge in [0.15, 0.2) is 0 Å². The molecule has 0 atom stereocenters. The van der Waals surface area contributed by atoms with Crippen LogP contribution < -0.4 is 15.0 Å². The molecular formula is C25H15Cl3N2O6. The summed E-state index contributed by atoms with van der Waals surface area (Å²) in [5, 5.41) is 11.8. The first-order valence-electron chi connectivity index (χ1n) is 10.2. The van der Waals surface area contributed by atoms with Gasteiger partial charge in [-0.3, -0.25) is 14.9 Å². The van der Waals surface area contributed by atoms with Gasteiger partial charge in [-0.25, -0.2) is 14.5 Å². The molecule has 1 aliphatic heterocycles. The number of urea groups is 1. The number of nitrogens with one attached hydrogen (secondary N) is 1. The van der Waals surface area contributed by atoms with E-state index in [9.17, 15) is 19.2 Å². The SMILES string of the molecule is O=C1NC(=O)N(c2ccc(Cl)c(Cl)c2)C(=O)/C1=C/c1cc(Cl)ccc1OCc1ccc(C(=O)O)cc1. The number of ether oxygens (including phenoxy) is 1. The highest BCUT2D eigenvalue weighted by molar-refractivity contribution is 6.43. The second-order valence-electron chi connectivity index (χ2n) is 7.53. The van der Waals surface area contributed by atoms with E-state index < -0.39 is 23.8 Å². The van der Waals surface area contributed by atoms with Crippen molar-refractivity contribution in [2.24, 2.45) is 0 Å². The molecule has 0 saturated carbocycles. The summed E-state index contributed by atoms with van der Waals surface area (Å²) in [7, 11) is 0. The van der Waals surface area contributed by atoms with Crippen molar-refractivity contribution >= 4 is 70.4 Å². The maximum atomic E-state index is 13.2. The number of amides is 4. The monoisotopic (exact) mass is 544 g/mol. The minimum absolute atomic E-state index is 0.0751. The van der Waals surface area contributed by atoms with E-state index in [0.29, 0.717) is 21.9 Å². The van der Waals surface area contributed by atoms with Gasteiger partial charge in [-0.05, 0) is 60.2 Å². The molecule has 36 heavy (non-hydrogen) atoms. The molecule has 2 N–H and O–H groups in total. The molecule has 0 aromatic heterocycles. The zero-order valence-electron chi connectivity index (χ0n) is 18.1. The third-order valence-electron chi connectivity index (χ3n) is 5.13. The molecule has 0 unspecified atom stereocenters. The van der Waals surface area contributed by atoms with Gasteiger partial charge >= 0.3 is 12.0 Å². The van der Waals surface area contributed by atoms with Crippen molar-refractivity contribution in [2.45, 2.75) is 6.61 Å². The highest BCUT2D eigenvalue weighted by Gasteiger charge is 2.37. The first-order chi connectivity index (χ1) is 17.1. The molecule has 0 bridgehead atoms. The normalized spacial score (nSPS) is 14.7. The lowest BCUT2D eigenvalue weighted by atomic mass is 10.1. The van der Waals surface area contributed by atoms with Crippen LogP contribution in [0.2, 0.25) is 15.1 Å². The highest BCUT2D eigenvalue weighted by Crippen LogP contribution is 2.31. The number of carbonyl (C=O) groups is 4. The van der Waals surface area contributed by atoms with Crippen molar-refractivity contribution in [1.82, 2.24) is 5.32 Å². The van der Waals surface area contributed by atoms with Gasteiger partial charge in [0.25, 0.3) is 11.8 Å². The van der Waals surface area contributed by atoms with Crippen molar-refractivity contribution in [2.75, 3.05) is 4.90 Å². The van der Waals surface area contributed by atoms with E-state index in [1.807, 2.05) is 0 Å². The van der Waals surface area contributed by atoms with Crippen LogP contribution in [-0.2, 0) is 16.2 Å². The fourth-order valence-electron chi connectivity index (χ4n) is 3.34. The summed E-state index contributed by atoms with van der Waals surface area (Å²) in [6, 6.07) is 14.0. The van der Waals surface area contributed by atoms with Crippen LogP contribution in [0.25, 0.3) is 6.08 Å². The van der Waals surface area contributed by atoms with Crippen LogP contribution >= 0.6 is 34.8 Å². The van der Waals surface area contributed by atoms with E-state index in [-0.39, 0.29) is 33.5 Å². The Balaban J connectivity index is 1.64. The van der Waals surface area contributed by atoms with Gasteiger partial charge in [-0.2, -0.15) is 0 Å². The van der Waals surface area contributed by atoms with Gasteiger partial charge in [0.1, 0.15) is 17.9 Å². The number of anilines is 1. The summed E-state index contributed by atoms with van der Waals surface area (Å²) in [6.45, 7) is 0.0751. The molecule has 1 fully saturated rings. The predicted octanol–water partition coefficient (Wildman–Crippen LogP) is 5.59. The Bertz CT molecular complexity index is 1440. The van der Waals surface area contributed by atoms with Crippen LogP contribution in [0.4, 0.5) is 10.5 Å². The van der Waals surface area contributed by atoms with Crippen molar-refractivity contribution in [1.29, 1.82) is 0 Å². The molecule has 182 valence electrons. The summed E-state index contributed by atoms with van der Waals surface area (Å²) in [6.07, 6.45) is 1.27. The first kappa shape index (κ1) is 25.2. The van der Waals surface area contributed by atoms with Gasteiger partial charge in [0, 0.05) is 10.6 Å². The lowest BCUT2D eigenvalue weighted by Crippen LogP contribution is -2.54. The lowest BCUT2D eigenvalue weighted by molar-refractivity contribution is -0.122. The van der Waals surface area contributed by atoms with E-state index in [1.165, 1.54) is 42.5 Å². The molecule has 3 aromatic rings. The largest absolute Gasteiger partial charge is 0.488 e. The lowest BCUT2D eigenvalue weighted by Gasteiger charge is -2.26. The number of hydrogen-bond acceptors (Lipinski definition) is 5. The van der Waals surface area contributed by atoms with Crippen molar-refractivity contribution in [3.05, 3.63) is 98.0 Å². The van der Waals surface area contributed by atoms with E-state index in [4.69, 9.17) is 44.6 Å². The Morgan fingerprint density at radius 2 is 1.67 bits per heavy atom. The molecule has 3 aromatic carbocycles. The maximum Gasteiger partial charge on any atom is 0.335 e. The number of hydrogen-bond donors (Lipinski definition) is 2. The first-order valence-corrected chi connectivity index (χ1v) is 11.4. The molecular weight excluding hydrogens is 531 g/mol. The number of carboxylic acid groups (broad SMARTS) is 1. The average Bonchev–Trinajstić information content (AvgIpc) is 2.83. The topological polar surface area (TPSA) is 113 Å². The quantitative estimate of drug-likeness (QED) is 0.308. The van der Waals surface area contributed by atoms with Crippen LogP contribution in [0, 0.1) is 0 Å². The van der Waals surface area contributed by atoms with Crippen LogP contribution in [0.3, 0.4) is 0 Å². The summed E-state index contributed by atoms with van der Waals surface area (Å²) in [5.74, 6) is -2.51. The molecule has 11 heteroatoms. The zero-order chi connectivity index (χ0) is 26.0. The van der Waals surface area contributed by atoms with E-state index in [0.717, 1.165) is 4.90 Å². The molecule has 1 heterocycles. The Hall–Kier alpha value is -3.85. The van der Waals surface area contributed by atoms with E-state index in [1.54, 1.807) is 24.3 Å². The van der Waals surface area contributed by atoms with Crippen molar-refractivity contribution < 1.29 is 29.0 Å². The van der Waals surface area contributed by atoms with Gasteiger partial charge < -0.3 is 9.84 Å². The van der Waals surface area contributed by atoms with E-state index in [2.05, 4.69) is 5.32 Å². The molecule has 1 aliphatic rings. The second-order valence-corrected chi connectivity index (χ2v) is 8.78. The van der Waals surface area contributed by atoms with Gasteiger partial charge in [0.05, 0.1) is 21.3 Å². The number of imide groups is 2. The minimum Gasteiger partial charge on any atom is -0.488 e. The van der Waals surface area contributed by atoms with Crippen LogP contribution in [-0.4, -0.2) is 28.9 Å². The molecule has 0 spiro atoms. The minimum atomic E-state index is -1.04. The van der Waals surface area contributed by atoms with Crippen LogP contribution in [0.5, 0.6) is 5.75 Å². The summed E-state index contributed by atoms with van der Waals surface area (Å²) < 4.78 is 5.85. The standard InChI is InChI=1S/C25H15Cl3N2O6/c26-16-5-8-21(36-12-13-1-3-14(4-2-13)24(33)34)15(9-16)10-18-22(31)29-25(35)30(23(18)32)17-6-7-19(27)20(28)11-17/h1-11H,12H2,(H,33,34)(H,29,31,35)/b18-10+. The number of nitrogens with zero attached hydrogens (tertiary/aromatic N) is 1. The fraction of sp³-hybridized carbons (Fsp3) is 0.0400. The number of aromatic carboxylic acids is 1. The number of carboxylic acids is 1.